The zero-order valence-electron chi connectivity index (χ0n) is 43.8. The topological polar surface area (TPSA) is 232 Å². The highest BCUT2D eigenvalue weighted by atomic mass is 19.1. The van der Waals surface area contributed by atoms with Gasteiger partial charge in [0.1, 0.15) is 29.0 Å². The Balaban J connectivity index is 1.17. The Morgan fingerprint density at radius 1 is 0.932 bits per heavy atom. The van der Waals surface area contributed by atoms with Crippen LogP contribution in [0.3, 0.4) is 0 Å². The molecule has 5 bridgehead atoms. The number of carbonyl (C=O) groups is 5. The third kappa shape index (κ3) is 9.55. The van der Waals surface area contributed by atoms with E-state index in [9.17, 15) is 39.3 Å². The number of halogens is 1. The molecule has 3 aromatic rings. The molecule has 9 rings (SSSR count). The monoisotopic (exact) mass is 1020 g/mol. The summed E-state index contributed by atoms with van der Waals surface area (Å²) < 4.78 is 41.3. The van der Waals surface area contributed by atoms with Gasteiger partial charge in [0.2, 0.25) is 11.6 Å². The SMILES string of the molecule is CO[C@H]1/C=C/O[C@@]2(C)Oc3c(C)c(O)c4c(c3C2=O)C(=O)C(NCC2CCN(c3c(F)cn5c(=O)c(C)cc(C6CC6)c5c3C)C2)=C(NC(=O)/C(C)=C\C=C\[C@H](C)[C@H](O)[C@@H](C)[C@@H](O)[C@@H](C)[C@H](OC(C)=O)[C@@H]1C)C4=O. The quantitative estimate of drug-likeness (QED) is 0.163. The summed E-state index contributed by atoms with van der Waals surface area (Å²) >= 11 is 0. The van der Waals surface area contributed by atoms with Crippen molar-refractivity contribution in [2.75, 3.05) is 31.6 Å². The number of ether oxygens (including phenoxy) is 4. The van der Waals surface area contributed by atoms with E-state index in [0.717, 1.165) is 24.7 Å². The van der Waals surface area contributed by atoms with Crippen molar-refractivity contribution in [2.45, 2.75) is 125 Å². The maximum atomic E-state index is 16.2. The molecule has 2 aliphatic carbocycles. The number of phenolic OH excluding ortho intramolecular Hbond substituents is 1. The largest absolute Gasteiger partial charge is 0.507 e. The average molecular weight is 1020 g/mol. The molecule has 18 heteroatoms. The number of aromatic hydroxyl groups is 1. The molecule has 74 heavy (non-hydrogen) atoms. The highest BCUT2D eigenvalue weighted by Gasteiger charge is 2.53. The van der Waals surface area contributed by atoms with Crippen LogP contribution in [0.2, 0.25) is 0 Å². The fourth-order valence-electron chi connectivity index (χ4n) is 11.2. The predicted molar refractivity (Wildman–Crippen MR) is 272 cm³/mol. The van der Waals surface area contributed by atoms with Crippen molar-refractivity contribution < 1.29 is 62.6 Å². The number of aliphatic hydroxyl groups is 2. The number of nitrogens with zero attached hydrogens (tertiary/aromatic N) is 2. The number of amides is 1. The van der Waals surface area contributed by atoms with Gasteiger partial charge in [0, 0.05) is 81.0 Å². The number of anilines is 1. The molecule has 6 aliphatic rings. The van der Waals surface area contributed by atoms with Crippen LogP contribution in [0, 0.1) is 56.2 Å². The van der Waals surface area contributed by atoms with E-state index in [0.29, 0.717) is 41.8 Å². The van der Waals surface area contributed by atoms with Crippen molar-refractivity contribution in [2.24, 2.45) is 29.6 Å². The van der Waals surface area contributed by atoms with Crippen molar-refractivity contribution in [3.05, 3.63) is 115 Å². The molecule has 2 fully saturated rings. The molecule has 396 valence electrons. The minimum Gasteiger partial charge on any atom is -0.507 e. The number of nitrogens with one attached hydrogen (secondary N) is 2. The molecule has 1 unspecified atom stereocenters. The second-order valence-electron chi connectivity index (χ2n) is 21.1. The first-order valence-electron chi connectivity index (χ1n) is 25.3. The molecule has 0 spiro atoms. The number of ketones is 3. The number of aliphatic hydroxyl groups excluding tert-OH is 2. The Kier molecular flexibility index (Phi) is 14.9. The van der Waals surface area contributed by atoms with Crippen molar-refractivity contribution in [3.8, 4) is 11.5 Å². The maximum Gasteiger partial charge on any atom is 0.312 e. The second kappa shape index (κ2) is 20.6. The molecule has 1 amide bonds. The molecule has 17 nitrogen and oxygen atoms in total. The normalized spacial score (nSPS) is 30.4. The number of hydrogen-bond donors (Lipinski definition) is 5. The first-order chi connectivity index (χ1) is 34.9. The van der Waals surface area contributed by atoms with Crippen LogP contribution in [0.5, 0.6) is 11.5 Å². The van der Waals surface area contributed by atoms with Gasteiger partial charge < -0.3 is 49.8 Å². The van der Waals surface area contributed by atoms with E-state index in [1.165, 1.54) is 57.6 Å². The molecule has 4 aliphatic heterocycles. The van der Waals surface area contributed by atoms with Crippen molar-refractivity contribution in [1.29, 1.82) is 0 Å². The number of methoxy groups -OCH3 is 1. The third-order valence-corrected chi connectivity index (χ3v) is 15.8. The van der Waals surface area contributed by atoms with E-state index >= 15 is 9.18 Å². The number of allylic oxidation sites excluding steroid dienone is 4. The van der Waals surface area contributed by atoms with E-state index in [-0.39, 0.29) is 52.1 Å². The van der Waals surface area contributed by atoms with Crippen LogP contribution in [-0.2, 0) is 23.8 Å². The number of esters is 1. The number of carbonyl (C=O) groups excluding carboxylic acids is 5. The van der Waals surface area contributed by atoms with Gasteiger partial charge in [-0.1, -0.05) is 45.9 Å². The molecule has 5 N–H and O–H groups in total. The summed E-state index contributed by atoms with van der Waals surface area (Å²) in [6.45, 7) is 16.6. The lowest BCUT2D eigenvalue weighted by molar-refractivity contribution is -0.160. The number of pyridine rings is 2. The number of rotatable bonds is 7. The Labute approximate surface area is 429 Å². The highest BCUT2D eigenvalue weighted by Crippen LogP contribution is 2.49. The number of aryl methyl sites for hydroxylation is 2. The highest BCUT2D eigenvalue weighted by molar-refractivity contribution is 6.32. The summed E-state index contributed by atoms with van der Waals surface area (Å²) in [5, 5.41) is 40.6. The Morgan fingerprint density at radius 2 is 1.64 bits per heavy atom. The molecule has 1 saturated carbocycles. The van der Waals surface area contributed by atoms with Crippen LogP contribution in [-0.4, -0.2) is 106 Å². The summed E-state index contributed by atoms with van der Waals surface area (Å²) in [5.74, 6) is -10.3. The van der Waals surface area contributed by atoms with Crippen molar-refractivity contribution >= 4 is 40.4 Å². The first-order valence-corrected chi connectivity index (χ1v) is 25.3. The van der Waals surface area contributed by atoms with E-state index in [2.05, 4.69) is 10.6 Å². The molecular formula is C56H67FN4O13. The summed E-state index contributed by atoms with van der Waals surface area (Å²) in [5.41, 5.74) is 0.874. The Hall–Kier alpha value is -6.63. The average Bonchev–Trinajstić information content (AvgIpc) is 4.05. The second-order valence-corrected chi connectivity index (χ2v) is 21.1. The van der Waals surface area contributed by atoms with Gasteiger partial charge >= 0.3 is 11.8 Å². The lowest BCUT2D eigenvalue weighted by Gasteiger charge is -2.38. The maximum absolute atomic E-state index is 16.2. The van der Waals surface area contributed by atoms with Crippen LogP contribution in [0.15, 0.2) is 64.6 Å². The number of phenols is 1. The smallest absolute Gasteiger partial charge is 0.312 e. The molecule has 1 saturated heterocycles. The predicted octanol–water partition coefficient (Wildman–Crippen LogP) is 6.32. The van der Waals surface area contributed by atoms with Gasteiger partial charge in [0.05, 0.1) is 58.7 Å². The number of Topliss-reactive ketones (excluding diaryl/α,β-unsaturated/α-hetero) is 3. The lowest BCUT2D eigenvalue weighted by atomic mass is 9.78. The third-order valence-electron chi connectivity index (χ3n) is 15.8. The van der Waals surface area contributed by atoms with Crippen LogP contribution < -0.4 is 25.8 Å². The van der Waals surface area contributed by atoms with Gasteiger partial charge in [-0.05, 0) is 82.1 Å². The summed E-state index contributed by atoms with van der Waals surface area (Å²) in [4.78, 5) is 86.3. The number of aromatic nitrogens is 1. The zero-order valence-corrected chi connectivity index (χ0v) is 43.8. The van der Waals surface area contributed by atoms with E-state index in [1.54, 1.807) is 46.8 Å². The standard InChI is InChI=1S/C56H67FN4O13/c1-25-13-12-14-26(2)54(69)59-43-42(58-22-34-17-19-60(23-34)45-29(5)44-36(35-15-16-35)21-27(3)55(70)61(44)24-37(45)57)49(66)39-40(50(43)67)48(65)32(8)52-41(39)53(68)56(10,74-52)72-20-18-38(71-11)28(4)51(73-33(9)62)31(7)47(64)30(6)46(25)63/h12-14,18,20-21,24-25,28,30-31,34-35,38,46-47,51,58,63-65H,15-17,19,22-23H2,1-11H3,(H,59,69)/b13-12+,20-18+,26-14-/t25-,28+,30+,31+,34?,38-,46-,47+,51+,56-/m0/s1. The summed E-state index contributed by atoms with van der Waals surface area (Å²) in [6, 6.07) is 1.91. The van der Waals surface area contributed by atoms with Crippen LogP contribution >= 0.6 is 0 Å². The number of hydrogen-bond acceptors (Lipinski definition) is 15. The van der Waals surface area contributed by atoms with E-state index in [4.69, 9.17) is 18.9 Å². The molecule has 0 radical (unpaired) electrons. The fourth-order valence-corrected chi connectivity index (χ4v) is 11.2. The molecule has 1 aromatic carbocycles. The van der Waals surface area contributed by atoms with Gasteiger partial charge in [0.15, 0.2) is 5.82 Å². The Bertz CT molecular complexity index is 3040. The van der Waals surface area contributed by atoms with Gasteiger partial charge in [-0.3, -0.25) is 33.2 Å². The summed E-state index contributed by atoms with van der Waals surface area (Å²) in [6.07, 6.45) is 6.92. The summed E-state index contributed by atoms with van der Waals surface area (Å²) in [7, 11) is 1.41. The fraction of sp³-hybridized carbons (Fsp3) is 0.500. The van der Waals surface area contributed by atoms with Gasteiger partial charge in [0.25, 0.3) is 17.2 Å². The van der Waals surface area contributed by atoms with Crippen LogP contribution in [0.25, 0.3) is 5.52 Å². The first kappa shape index (κ1) is 53.7. The molecule has 6 heterocycles. The van der Waals surface area contributed by atoms with Gasteiger partial charge in [-0.2, -0.15) is 0 Å². The van der Waals surface area contributed by atoms with Gasteiger partial charge in [-0.15, -0.1) is 0 Å². The van der Waals surface area contributed by atoms with Crippen LogP contribution in [0.1, 0.15) is 127 Å². The van der Waals surface area contributed by atoms with Crippen molar-refractivity contribution in [3.63, 3.8) is 0 Å². The lowest BCUT2D eigenvalue weighted by Crippen LogP contribution is -2.46. The van der Waals surface area contributed by atoms with E-state index < -0.39 is 111 Å². The number of benzene rings is 1. The number of fused-ring (bicyclic) bond motifs is 15. The van der Waals surface area contributed by atoms with Crippen molar-refractivity contribution in [1.82, 2.24) is 15.0 Å². The van der Waals surface area contributed by atoms with Gasteiger partial charge in [-0.25, -0.2) is 4.39 Å². The van der Waals surface area contributed by atoms with Crippen LogP contribution in [0.4, 0.5) is 10.1 Å². The molecule has 2 aromatic heterocycles. The molecular weight excluding hydrogens is 956 g/mol. The minimum absolute atomic E-state index is 0.0457. The Morgan fingerprint density at radius 3 is 2.30 bits per heavy atom. The van der Waals surface area contributed by atoms with E-state index in [1.807, 2.05) is 17.9 Å². The minimum atomic E-state index is -2.15. The zero-order chi connectivity index (χ0) is 54.0. The molecule has 10 atom stereocenters.